The first-order chi connectivity index (χ1) is 24.9. The number of aliphatic hydroxyl groups is 2. The van der Waals surface area contributed by atoms with E-state index in [0.717, 1.165) is 70.6 Å². The number of allylic oxidation sites excluding steroid dienone is 1. The second-order valence-corrected chi connectivity index (χ2v) is 19.5. The summed E-state index contributed by atoms with van der Waals surface area (Å²) in [6, 6.07) is 6.33. The molecule has 4 N–H and O–H groups in total. The van der Waals surface area contributed by atoms with E-state index in [1.807, 2.05) is 4.90 Å². The van der Waals surface area contributed by atoms with Crippen molar-refractivity contribution in [1.29, 1.82) is 0 Å². The average molecular weight is 735 g/mol. The fourth-order valence-electron chi connectivity index (χ4n) is 13.0. The van der Waals surface area contributed by atoms with Gasteiger partial charge in [-0.15, -0.1) is 0 Å². The minimum atomic E-state index is -1.13. The molecule has 1 amide bonds. The number of fused-ring (bicyclic) bond motifs is 6. The first kappa shape index (κ1) is 39.9. The lowest BCUT2D eigenvalue weighted by Crippen LogP contribution is -2.64. The summed E-state index contributed by atoms with van der Waals surface area (Å²) in [5.74, 6) is -0.672. The van der Waals surface area contributed by atoms with E-state index in [9.17, 15) is 29.7 Å². The number of aromatic carboxylic acids is 1. The third-order valence-corrected chi connectivity index (χ3v) is 16.1. The Morgan fingerprint density at radius 3 is 2.11 bits per heavy atom. The Labute approximate surface area is 317 Å². The number of esters is 1. The molecule has 9 nitrogen and oxygen atoms in total. The first-order valence-electron chi connectivity index (χ1n) is 20.4. The number of hydrogen-bond acceptors (Lipinski definition) is 7. The average Bonchev–Trinajstić information content (AvgIpc) is 3.09. The quantitative estimate of drug-likeness (QED) is 0.138. The molecule has 53 heavy (non-hydrogen) atoms. The number of nitrogens with zero attached hydrogens (tertiary/aromatic N) is 1. The Morgan fingerprint density at radius 1 is 0.792 bits per heavy atom. The second kappa shape index (κ2) is 14.4. The van der Waals surface area contributed by atoms with Crippen LogP contribution < -0.4 is 5.32 Å². The predicted molar refractivity (Wildman–Crippen MR) is 205 cm³/mol. The Kier molecular flexibility index (Phi) is 10.8. The lowest BCUT2D eigenvalue weighted by atomic mass is 9.34. The van der Waals surface area contributed by atoms with E-state index in [-0.39, 0.29) is 63.4 Å². The molecule has 0 bridgehead atoms. The van der Waals surface area contributed by atoms with Crippen molar-refractivity contribution in [3.63, 3.8) is 0 Å². The van der Waals surface area contributed by atoms with Gasteiger partial charge in [0.25, 0.3) is 0 Å². The number of ether oxygens (including phenoxy) is 1. The molecule has 5 aliphatic carbocycles. The van der Waals surface area contributed by atoms with Crippen molar-refractivity contribution in [1.82, 2.24) is 10.2 Å². The van der Waals surface area contributed by atoms with E-state index in [0.29, 0.717) is 38.0 Å². The summed E-state index contributed by atoms with van der Waals surface area (Å²) in [5, 5.41) is 32.0. The summed E-state index contributed by atoms with van der Waals surface area (Å²) in [4.78, 5) is 41.8. The van der Waals surface area contributed by atoms with Gasteiger partial charge in [0.05, 0.1) is 29.8 Å². The maximum atomic E-state index is 14.4. The van der Waals surface area contributed by atoms with Gasteiger partial charge in [-0.05, 0) is 116 Å². The van der Waals surface area contributed by atoms with E-state index >= 15 is 0 Å². The standard InChI is InChI=1S/C44H66N2O7/c1-39(2)18-20-44(38(52)45-22-23-46(24-26-47)25-27-48)21-19-42(6)31(32(44)28-39)12-13-34-41(5)16-15-35(40(3,4)33(41)14-17-43(34,42)7)53-37(51)30-11-9-8-10-29(30)36(49)50/h8-11,33-35,47-48H,12-28H2,1-7H3,(H,45,52)(H,49,50)/t33-,34+,35-,41-,42+,43+,44-/m0/s1. The third kappa shape index (κ3) is 6.58. The van der Waals surface area contributed by atoms with Crippen molar-refractivity contribution in [3.05, 3.63) is 46.5 Å². The predicted octanol–water partition coefficient (Wildman–Crippen LogP) is 7.26. The number of nitrogens with one attached hydrogen (secondary N) is 1. The molecule has 0 radical (unpaired) electrons. The van der Waals surface area contributed by atoms with Gasteiger partial charge in [0, 0.05) is 31.6 Å². The van der Waals surface area contributed by atoms with E-state index in [2.05, 4.69) is 53.8 Å². The van der Waals surface area contributed by atoms with Gasteiger partial charge < -0.3 is 25.4 Å². The highest BCUT2D eigenvalue weighted by Crippen LogP contribution is 2.75. The van der Waals surface area contributed by atoms with Gasteiger partial charge in [-0.25, -0.2) is 9.59 Å². The van der Waals surface area contributed by atoms with Crippen LogP contribution in [0.2, 0.25) is 0 Å². The molecule has 0 aromatic heterocycles. The van der Waals surface area contributed by atoms with Gasteiger partial charge in [0.2, 0.25) is 5.91 Å². The van der Waals surface area contributed by atoms with Crippen molar-refractivity contribution in [3.8, 4) is 0 Å². The molecular formula is C44H66N2O7. The molecule has 1 aromatic rings. The zero-order valence-electron chi connectivity index (χ0n) is 33.5. The summed E-state index contributed by atoms with van der Waals surface area (Å²) in [7, 11) is 0. The fourth-order valence-corrected chi connectivity index (χ4v) is 13.0. The normalized spacial score (nSPS) is 35.7. The summed E-state index contributed by atoms with van der Waals surface area (Å²) in [5.41, 5.74) is 2.57. The number of benzene rings is 1. The molecule has 0 heterocycles. The summed E-state index contributed by atoms with van der Waals surface area (Å²) in [6.07, 6.45) is 10.4. The topological polar surface area (TPSA) is 136 Å². The molecule has 0 saturated heterocycles. The van der Waals surface area contributed by atoms with Crippen LogP contribution in [0.4, 0.5) is 0 Å². The molecule has 4 fully saturated rings. The number of carboxylic acid groups (broad SMARTS) is 1. The zero-order chi connectivity index (χ0) is 38.6. The number of amides is 1. The second-order valence-electron chi connectivity index (χ2n) is 19.5. The Bertz CT molecular complexity index is 1610. The maximum absolute atomic E-state index is 14.4. The largest absolute Gasteiger partial charge is 0.478 e. The molecule has 6 rings (SSSR count). The molecule has 0 aliphatic heterocycles. The van der Waals surface area contributed by atoms with Crippen molar-refractivity contribution in [2.75, 3.05) is 39.4 Å². The van der Waals surface area contributed by atoms with Crippen LogP contribution in [-0.2, 0) is 9.53 Å². The lowest BCUT2D eigenvalue weighted by Gasteiger charge is -2.71. The van der Waals surface area contributed by atoms with Crippen LogP contribution in [0.5, 0.6) is 0 Å². The molecule has 4 saturated carbocycles. The van der Waals surface area contributed by atoms with Crippen LogP contribution in [0.25, 0.3) is 0 Å². The van der Waals surface area contributed by atoms with Crippen molar-refractivity contribution < 1.29 is 34.4 Å². The molecule has 9 heteroatoms. The Hall–Kier alpha value is -2.75. The minimum Gasteiger partial charge on any atom is -0.478 e. The number of rotatable bonds is 11. The number of hydrogen-bond donors (Lipinski definition) is 4. The van der Waals surface area contributed by atoms with Crippen LogP contribution in [0.15, 0.2) is 35.4 Å². The maximum Gasteiger partial charge on any atom is 0.339 e. The molecule has 5 aliphatic rings. The molecule has 7 atom stereocenters. The van der Waals surface area contributed by atoms with Gasteiger partial charge in [-0.2, -0.15) is 0 Å². The molecule has 0 spiro atoms. The van der Waals surface area contributed by atoms with E-state index in [1.54, 1.807) is 23.8 Å². The highest BCUT2D eigenvalue weighted by Gasteiger charge is 2.68. The smallest absolute Gasteiger partial charge is 0.339 e. The minimum absolute atomic E-state index is 0.0104. The van der Waals surface area contributed by atoms with E-state index in [4.69, 9.17) is 4.74 Å². The van der Waals surface area contributed by atoms with Gasteiger partial charge in [0.15, 0.2) is 0 Å². The molecular weight excluding hydrogens is 668 g/mol. The van der Waals surface area contributed by atoms with Gasteiger partial charge in [-0.1, -0.05) is 71.7 Å². The fraction of sp³-hybridized carbons (Fsp3) is 0.750. The van der Waals surface area contributed by atoms with Crippen LogP contribution in [-0.4, -0.2) is 83.6 Å². The zero-order valence-corrected chi connectivity index (χ0v) is 33.5. The highest BCUT2D eigenvalue weighted by molar-refractivity contribution is 6.02. The van der Waals surface area contributed by atoms with Crippen LogP contribution in [0, 0.1) is 44.3 Å². The highest BCUT2D eigenvalue weighted by atomic mass is 16.5. The molecule has 1 aromatic carbocycles. The van der Waals surface area contributed by atoms with Crippen LogP contribution in [0.1, 0.15) is 140 Å². The number of carbonyl (C=O) groups excluding carboxylic acids is 2. The van der Waals surface area contributed by atoms with E-state index < -0.39 is 17.4 Å². The van der Waals surface area contributed by atoms with Gasteiger partial charge in [0.1, 0.15) is 6.10 Å². The van der Waals surface area contributed by atoms with Gasteiger partial charge in [-0.3, -0.25) is 9.69 Å². The van der Waals surface area contributed by atoms with Crippen LogP contribution >= 0.6 is 0 Å². The summed E-state index contributed by atoms with van der Waals surface area (Å²) in [6.45, 7) is 19.0. The van der Waals surface area contributed by atoms with Gasteiger partial charge >= 0.3 is 11.9 Å². The Morgan fingerprint density at radius 2 is 1.45 bits per heavy atom. The first-order valence-corrected chi connectivity index (χ1v) is 20.4. The van der Waals surface area contributed by atoms with Crippen LogP contribution in [0.3, 0.4) is 0 Å². The number of carbonyl (C=O) groups is 3. The van der Waals surface area contributed by atoms with Crippen molar-refractivity contribution >= 4 is 17.8 Å². The Balaban J connectivity index is 1.26. The lowest BCUT2D eigenvalue weighted by molar-refractivity contribution is -0.205. The third-order valence-electron chi connectivity index (χ3n) is 16.1. The summed E-state index contributed by atoms with van der Waals surface area (Å²) >= 11 is 0. The van der Waals surface area contributed by atoms with Crippen molar-refractivity contribution in [2.45, 2.75) is 125 Å². The summed E-state index contributed by atoms with van der Waals surface area (Å²) < 4.78 is 6.25. The number of aliphatic hydroxyl groups excluding tert-OH is 2. The number of carboxylic acids is 1. The molecule has 294 valence electrons. The van der Waals surface area contributed by atoms with E-state index in [1.165, 1.54) is 11.6 Å². The molecule has 0 unspecified atom stereocenters. The monoisotopic (exact) mass is 734 g/mol. The SMILES string of the molecule is CC1(C)CC[C@]2(C(=O)NCCN(CCO)CCO)CC[C@]3(C)C(=C2C1)CC[C@@H]1[C@@]2(C)CC[C@H](OC(=O)c4ccccc4C(=O)O)C(C)(C)[C@@H]2CC[C@]13C. The van der Waals surface area contributed by atoms with Crippen molar-refractivity contribution in [2.24, 2.45) is 44.3 Å².